The molecule has 0 radical (unpaired) electrons. The number of amidine groups is 1. The van der Waals surface area contributed by atoms with E-state index in [2.05, 4.69) is 66.8 Å². The molecule has 1 aromatic rings. The highest BCUT2D eigenvalue weighted by molar-refractivity contribution is 5.87. The van der Waals surface area contributed by atoms with Gasteiger partial charge in [0.25, 0.3) is 0 Å². The molecule has 0 amide bonds. The molecular formula is C27H34N4. The van der Waals surface area contributed by atoms with Gasteiger partial charge in [-0.05, 0) is 37.0 Å². The molecule has 0 N–H and O–H groups in total. The average Bonchev–Trinajstić information content (AvgIpc) is 3.25. The fourth-order valence-electron chi connectivity index (χ4n) is 5.10. The van der Waals surface area contributed by atoms with Gasteiger partial charge in [0.05, 0.1) is 17.0 Å². The lowest BCUT2D eigenvalue weighted by atomic mass is 9.72. The van der Waals surface area contributed by atoms with Crippen molar-refractivity contribution < 1.29 is 0 Å². The third-order valence-electron chi connectivity index (χ3n) is 6.83. The Kier molecular flexibility index (Phi) is 6.85. The van der Waals surface area contributed by atoms with Crippen molar-refractivity contribution in [1.29, 1.82) is 5.26 Å². The molecule has 1 heterocycles. The van der Waals surface area contributed by atoms with E-state index in [0.29, 0.717) is 5.57 Å². The van der Waals surface area contributed by atoms with E-state index >= 15 is 0 Å². The van der Waals surface area contributed by atoms with Crippen molar-refractivity contribution in [1.82, 2.24) is 9.80 Å². The number of piperazine rings is 1. The van der Waals surface area contributed by atoms with E-state index in [1.165, 1.54) is 24.0 Å². The summed E-state index contributed by atoms with van der Waals surface area (Å²) in [6.07, 6.45) is 7.17. The fraction of sp³-hybridized carbons (Fsp3) is 0.407. The van der Waals surface area contributed by atoms with Crippen LogP contribution in [0.15, 0.2) is 72.0 Å². The van der Waals surface area contributed by atoms with Crippen molar-refractivity contribution >= 4 is 11.4 Å². The molecule has 0 unspecified atom stereocenters. The molecule has 0 aromatic heterocycles. The minimum absolute atomic E-state index is 0.0289. The zero-order valence-electron chi connectivity index (χ0n) is 19.2. The number of hydrogen-bond donors (Lipinski definition) is 0. The van der Waals surface area contributed by atoms with Crippen LogP contribution in [-0.2, 0) is 5.41 Å². The number of rotatable bonds is 5. The van der Waals surface area contributed by atoms with Crippen LogP contribution in [0, 0.1) is 11.3 Å². The smallest absolute Gasteiger partial charge is 0.104 e. The molecule has 0 spiro atoms. The van der Waals surface area contributed by atoms with Crippen LogP contribution in [0.25, 0.3) is 5.57 Å². The second-order valence-electron chi connectivity index (χ2n) is 8.73. The van der Waals surface area contributed by atoms with Crippen LogP contribution in [0.3, 0.4) is 0 Å². The monoisotopic (exact) mass is 414 g/mol. The van der Waals surface area contributed by atoms with Crippen LogP contribution < -0.4 is 0 Å². The highest BCUT2D eigenvalue weighted by atomic mass is 15.3. The van der Waals surface area contributed by atoms with Crippen LogP contribution in [0.5, 0.6) is 0 Å². The van der Waals surface area contributed by atoms with Crippen molar-refractivity contribution in [2.75, 3.05) is 27.2 Å². The van der Waals surface area contributed by atoms with E-state index in [4.69, 9.17) is 4.99 Å². The Balaban J connectivity index is 2.07. The van der Waals surface area contributed by atoms with Crippen LogP contribution >= 0.6 is 0 Å². The number of likely N-dealkylation sites (N-methyl/N-ethyl adjacent to an activating group) is 1. The van der Waals surface area contributed by atoms with Crippen molar-refractivity contribution in [2.24, 2.45) is 4.99 Å². The van der Waals surface area contributed by atoms with E-state index in [0.717, 1.165) is 55.2 Å². The first-order chi connectivity index (χ1) is 14.9. The van der Waals surface area contributed by atoms with Gasteiger partial charge in [0.2, 0.25) is 0 Å². The number of benzene rings is 1. The minimum atomic E-state index is 0.0289. The Bertz CT molecular complexity index is 983. The lowest BCUT2D eigenvalue weighted by Gasteiger charge is -2.42. The third kappa shape index (κ3) is 4.23. The molecule has 1 aromatic carbocycles. The summed E-state index contributed by atoms with van der Waals surface area (Å²) >= 11 is 0. The summed E-state index contributed by atoms with van der Waals surface area (Å²) in [5.74, 6) is 1.01. The lowest BCUT2D eigenvalue weighted by molar-refractivity contribution is 0.304. The molecule has 1 aliphatic heterocycles. The van der Waals surface area contributed by atoms with Gasteiger partial charge in [0.1, 0.15) is 11.9 Å². The van der Waals surface area contributed by atoms with Gasteiger partial charge in [0, 0.05) is 39.0 Å². The Morgan fingerprint density at radius 3 is 2.52 bits per heavy atom. The standard InChI is InChI=1S/C27H34N4/c1-7-22(19-28)26-21(4)30(6)16-17-31(26)25(29-5)18-27(14-10-11-15-27)24-13-9-8-12-23(24)20(2)3/h7-9,12-13H,1-2,4,10-11,14-18H2,3,5-6H3/b26-22+,29-25?. The normalized spacial score (nSPS) is 20.5. The highest BCUT2D eigenvalue weighted by Crippen LogP contribution is 2.47. The second-order valence-corrected chi connectivity index (χ2v) is 8.73. The average molecular weight is 415 g/mol. The maximum absolute atomic E-state index is 9.75. The fourth-order valence-corrected chi connectivity index (χ4v) is 5.10. The molecule has 1 saturated carbocycles. The van der Waals surface area contributed by atoms with Crippen LogP contribution in [0.4, 0.5) is 0 Å². The molecule has 1 saturated heterocycles. The Morgan fingerprint density at radius 1 is 1.26 bits per heavy atom. The van der Waals surface area contributed by atoms with Crippen LogP contribution in [0.2, 0.25) is 0 Å². The molecular weight excluding hydrogens is 380 g/mol. The van der Waals surface area contributed by atoms with E-state index in [1.807, 2.05) is 14.1 Å². The summed E-state index contributed by atoms with van der Waals surface area (Å²) in [7, 11) is 3.88. The SMILES string of the molecule is C=C/C(C#N)=C1/C(=C)N(C)CCN1C(CC1(c2ccccc2C(=C)C)CCCC1)=NC. The van der Waals surface area contributed by atoms with Gasteiger partial charge in [-0.15, -0.1) is 0 Å². The molecule has 1 aliphatic carbocycles. The molecule has 0 bridgehead atoms. The molecule has 0 atom stereocenters. The first-order valence-electron chi connectivity index (χ1n) is 11.0. The first-order valence-corrected chi connectivity index (χ1v) is 11.0. The number of aliphatic imine (C=N–C) groups is 1. The van der Waals surface area contributed by atoms with Crippen LogP contribution in [0.1, 0.15) is 50.2 Å². The zero-order chi connectivity index (χ0) is 22.6. The molecule has 3 rings (SSSR count). The first kappa shape index (κ1) is 22.6. The number of nitriles is 1. The van der Waals surface area contributed by atoms with Gasteiger partial charge >= 0.3 is 0 Å². The topological polar surface area (TPSA) is 42.6 Å². The Hall–Kier alpha value is -3.06. The van der Waals surface area contributed by atoms with Crippen LogP contribution in [-0.4, -0.2) is 42.8 Å². The van der Waals surface area contributed by atoms with Crippen molar-refractivity contribution in [3.8, 4) is 6.07 Å². The van der Waals surface area contributed by atoms with E-state index in [-0.39, 0.29) is 5.41 Å². The minimum Gasteiger partial charge on any atom is -0.372 e. The van der Waals surface area contributed by atoms with E-state index < -0.39 is 0 Å². The summed E-state index contributed by atoms with van der Waals surface area (Å²) in [6, 6.07) is 11.0. The molecule has 2 aliphatic rings. The Morgan fingerprint density at radius 2 is 1.94 bits per heavy atom. The zero-order valence-corrected chi connectivity index (χ0v) is 19.2. The molecule has 31 heavy (non-hydrogen) atoms. The summed E-state index contributed by atoms with van der Waals surface area (Å²) in [6.45, 7) is 16.1. The molecule has 2 fully saturated rings. The van der Waals surface area contributed by atoms with E-state index in [1.54, 1.807) is 6.08 Å². The van der Waals surface area contributed by atoms with Crippen molar-refractivity contribution in [3.05, 3.63) is 78.2 Å². The molecule has 4 nitrogen and oxygen atoms in total. The number of hydrogen-bond acceptors (Lipinski definition) is 3. The maximum atomic E-state index is 9.75. The van der Waals surface area contributed by atoms with Gasteiger partial charge in [0.15, 0.2) is 0 Å². The summed E-state index contributed by atoms with van der Waals surface area (Å²) in [5, 5.41) is 9.75. The van der Waals surface area contributed by atoms with Gasteiger partial charge in [-0.2, -0.15) is 5.26 Å². The third-order valence-corrected chi connectivity index (χ3v) is 6.83. The van der Waals surface area contributed by atoms with E-state index in [9.17, 15) is 5.26 Å². The number of allylic oxidation sites excluding steroid dienone is 3. The van der Waals surface area contributed by atoms with Crippen molar-refractivity contribution in [2.45, 2.75) is 44.4 Å². The van der Waals surface area contributed by atoms with Gasteiger partial charge in [-0.25, -0.2) is 0 Å². The molecule has 4 heteroatoms. The van der Waals surface area contributed by atoms with Gasteiger partial charge < -0.3 is 9.80 Å². The Labute approximate surface area is 187 Å². The maximum Gasteiger partial charge on any atom is 0.104 e. The predicted molar refractivity (Wildman–Crippen MR) is 131 cm³/mol. The quantitative estimate of drug-likeness (QED) is 0.354. The largest absolute Gasteiger partial charge is 0.372 e. The lowest BCUT2D eigenvalue weighted by Crippen LogP contribution is -2.46. The second kappa shape index (κ2) is 9.39. The summed E-state index contributed by atoms with van der Waals surface area (Å²) in [4.78, 5) is 9.06. The summed E-state index contributed by atoms with van der Waals surface area (Å²) in [5.41, 5.74) is 5.97. The molecule has 162 valence electrons. The predicted octanol–water partition coefficient (Wildman–Crippen LogP) is 5.67. The van der Waals surface area contributed by atoms with Gasteiger partial charge in [-0.3, -0.25) is 4.99 Å². The van der Waals surface area contributed by atoms with Gasteiger partial charge in [-0.1, -0.05) is 62.4 Å². The highest BCUT2D eigenvalue weighted by Gasteiger charge is 2.40. The van der Waals surface area contributed by atoms with Crippen molar-refractivity contribution in [3.63, 3.8) is 0 Å². The summed E-state index contributed by atoms with van der Waals surface area (Å²) < 4.78 is 0. The number of nitrogens with zero attached hydrogens (tertiary/aromatic N) is 4.